The van der Waals surface area contributed by atoms with Gasteiger partial charge in [-0.2, -0.15) is 0 Å². The summed E-state index contributed by atoms with van der Waals surface area (Å²) < 4.78 is 1.47. The van der Waals surface area contributed by atoms with Gasteiger partial charge in [0, 0.05) is 28.9 Å². The number of hydrogen-bond acceptors (Lipinski definition) is 5. The molecule has 7 nitrogen and oxygen atoms in total. The summed E-state index contributed by atoms with van der Waals surface area (Å²) in [5, 5.41) is 13.5. The monoisotopic (exact) mass is 414 g/mol. The molecule has 0 aliphatic rings. The molecule has 28 heavy (non-hydrogen) atoms. The molecule has 0 saturated heterocycles. The molecule has 2 aromatic heterocycles. The molecule has 140 valence electrons. The number of aliphatic carboxylic acids is 1. The Labute approximate surface area is 168 Å². The van der Waals surface area contributed by atoms with Gasteiger partial charge in [0.2, 0.25) is 5.95 Å². The molecule has 2 N–H and O–H groups in total. The molecule has 0 spiro atoms. The summed E-state index contributed by atoms with van der Waals surface area (Å²) in [6, 6.07) is 9.75. The van der Waals surface area contributed by atoms with Gasteiger partial charge in [-0.1, -0.05) is 23.2 Å². The van der Waals surface area contributed by atoms with Crippen LogP contribution in [0.3, 0.4) is 0 Å². The molecule has 0 aliphatic carbocycles. The number of nitrogens with zero attached hydrogens (tertiary/aromatic N) is 3. The fraction of sp³-hybridized carbons (Fsp3) is 0.0526. The van der Waals surface area contributed by atoms with Gasteiger partial charge in [-0.25, -0.2) is 9.97 Å². The molecule has 9 heteroatoms. The lowest BCUT2D eigenvalue weighted by atomic mass is 10.1. The third kappa shape index (κ3) is 3.15. The van der Waals surface area contributed by atoms with Crippen molar-refractivity contribution in [2.75, 3.05) is 5.32 Å². The number of hydrogen-bond donors (Lipinski definition) is 2. The molecule has 0 fully saturated rings. The maximum absolute atomic E-state index is 13.0. The minimum Gasteiger partial charge on any atom is -0.480 e. The molecule has 0 radical (unpaired) electrons. The number of benzene rings is 2. The molecule has 0 saturated carbocycles. The number of pyridine rings is 1. The van der Waals surface area contributed by atoms with Crippen LogP contribution >= 0.6 is 23.2 Å². The van der Waals surface area contributed by atoms with Crippen LogP contribution in [0.5, 0.6) is 0 Å². The SMILES string of the molecule is O=C(O)Cn1c2cc(Nc3ncccn3)ccc2c(=O)c2ccc(Cl)c(Cl)c21. The van der Waals surface area contributed by atoms with Crippen molar-refractivity contribution < 1.29 is 9.90 Å². The first kappa shape index (κ1) is 18.2. The zero-order valence-corrected chi connectivity index (χ0v) is 15.7. The average Bonchev–Trinajstić information content (AvgIpc) is 2.68. The number of halogens is 2. The van der Waals surface area contributed by atoms with Gasteiger partial charge in [0.05, 0.1) is 21.1 Å². The van der Waals surface area contributed by atoms with Gasteiger partial charge in [0.25, 0.3) is 0 Å². The van der Waals surface area contributed by atoms with E-state index in [1.807, 2.05) is 0 Å². The summed E-state index contributed by atoms with van der Waals surface area (Å²) in [6.45, 7) is -0.390. The Hall–Kier alpha value is -3.16. The van der Waals surface area contributed by atoms with Crippen LogP contribution in [-0.2, 0) is 11.3 Å². The van der Waals surface area contributed by atoms with Crippen LogP contribution in [0.25, 0.3) is 21.8 Å². The van der Waals surface area contributed by atoms with Crippen molar-refractivity contribution >= 4 is 62.6 Å². The van der Waals surface area contributed by atoms with Crippen LogP contribution in [0.1, 0.15) is 0 Å². The largest absolute Gasteiger partial charge is 0.480 e. The fourth-order valence-corrected chi connectivity index (χ4v) is 3.49. The number of fused-ring (bicyclic) bond motifs is 2. The fourth-order valence-electron chi connectivity index (χ4n) is 3.07. The van der Waals surface area contributed by atoms with Gasteiger partial charge in [0.15, 0.2) is 5.43 Å². The van der Waals surface area contributed by atoms with E-state index in [4.69, 9.17) is 23.2 Å². The Morgan fingerprint density at radius 1 is 1.11 bits per heavy atom. The second-order valence-electron chi connectivity index (χ2n) is 6.00. The molecular weight excluding hydrogens is 403 g/mol. The van der Waals surface area contributed by atoms with E-state index in [1.54, 1.807) is 42.7 Å². The van der Waals surface area contributed by atoms with Gasteiger partial charge < -0.3 is 15.0 Å². The summed E-state index contributed by atoms with van der Waals surface area (Å²) in [5.74, 6) is -0.706. The zero-order valence-electron chi connectivity index (χ0n) is 14.2. The van der Waals surface area contributed by atoms with E-state index in [0.29, 0.717) is 27.9 Å². The molecule has 4 rings (SSSR count). The van der Waals surface area contributed by atoms with E-state index in [-0.39, 0.29) is 21.0 Å². The Morgan fingerprint density at radius 3 is 2.54 bits per heavy atom. The van der Waals surface area contributed by atoms with E-state index in [9.17, 15) is 14.7 Å². The van der Waals surface area contributed by atoms with E-state index in [1.165, 1.54) is 10.6 Å². The summed E-state index contributed by atoms with van der Waals surface area (Å²) in [7, 11) is 0. The molecule has 0 atom stereocenters. The van der Waals surface area contributed by atoms with E-state index in [2.05, 4.69) is 15.3 Å². The lowest BCUT2D eigenvalue weighted by molar-refractivity contribution is -0.137. The second kappa shape index (κ2) is 7.10. The summed E-state index contributed by atoms with van der Waals surface area (Å²) >= 11 is 12.5. The van der Waals surface area contributed by atoms with Crippen molar-refractivity contribution in [2.24, 2.45) is 0 Å². The normalized spacial score (nSPS) is 11.1. The van der Waals surface area contributed by atoms with Crippen LogP contribution in [0.15, 0.2) is 53.6 Å². The number of nitrogens with one attached hydrogen (secondary N) is 1. The van der Waals surface area contributed by atoms with Crippen LogP contribution in [0.4, 0.5) is 11.6 Å². The highest BCUT2D eigenvalue weighted by Crippen LogP contribution is 2.32. The maximum Gasteiger partial charge on any atom is 0.323 e. The topological polar surface area (TPSA) is 97.1 Å². The predicted molar refractivity (Wildman–Crippen MR) is 109 cm³/mol. The minimum atomic E-state index is -1.08. The van der Waals surface area contributed by atoms with Crippen LogP contribution in [0.2, 0.25) is 10.0 Å². The lowest BCUT2D eigenvalue weighted by Gasteiger charge is -2.16. The van der Waals surface area contributed by atoms with Crippen molar-refractivity contribution in [3.63, 3.8) is 0 Å². The lowest BCUT2D eigenvalue weighted by Crippen LogP contribution is -2.16. The minimum absolute atomic E-state index is 0.129. The molecule has 0 unspecified atom stereocenters. The van der Waals surface area contributed by atoms with Crippen molar-refractivity contribution in [2.45, 2.75) is 6.54 Å². The first-order valence-corrected chi connectivity index (χ1v) is 8.91. The highest BCUT2D eigenvalue weighted by atomic mass is 35.5. The summed E-state index contributed by atoms with van der Waals surface area (Å²) in [6.07, 6.45) is 3.18. The first-order chi connectivity index (χ1) is 13.5. The first-order valence-electron chi connectivity index (χ1n) is 8.16. The predicted octanol–water partition coefficient (Wildman–Crippen LogP) is 4.08. The molecule has 4 aromatic rings. The van der Waals surface area contributed by atoms with E-state index >= 15 is 0 Å². The third-order valence-corrected chi connectivity index (χ3v) is 5.03. The summed E-state index contributed by atoms with van der Waals surface area (Å²) in [4.78, 5) is 32.6. The highest BCUT2D eigenvalue weighted by Gasteiger charge is 2.17. The van der Waals surface area contributed by atoms with Gasteiger partial charge in [-0.15, -0.1) is 0 Å². The number of aromatic nitrogens is 3. The number of anilines is 2. The second-order valence-corrected chi connectivity index (χ2v) is 6.78. The summed E-state index contributed by atoms with van der Waals surface area (Å²) in [5.41, 5.74) is 1.02. The standard InChI is InChI=1S/C19H12Cl2N4O3/c20-13-5-4-12-17(16(13)21)25(9-15(26)27)14-8-10(2-3-11(14)18(12)28)24-19-22-6-1-7-23-19/h1-8H,9H2,(H,26,27)(H,22,23,24). The highest BCUT2D eigenvalue weighted by molar-refractivity contribution is 6.45. The zero-order chi connectivity index (χ0) is 19.8. The molecule has 0 amide bonds. The van der Waals surface area contributed by atoms with Crippen molar-refractivity contribution in [3.8, 4) is 0 Å². The number of carboxylic acids is 1. The molecule has 2 aromatic carbocycles. The van der Waals surface area contributed by atoms with Crippen LogP contribution in [0, 0.1) is 0 Å². The maximum atomic E-state index is 13.0. The molecular formula is C19H12Cl2N4O3. The number of rotatable bonds is 4. The number of carboxylic acid groups (broad SMARTS) is 1. The third-order valence-electron chi connectivity index (χ3n) is 4.23. The Balaban J connectivity index is 2.04. The smallest absolute Gasteiger partial charge is 0.323 e. The quantitative estimate of drug-likeness (QED) is 0.488. The van der Waals surface area contributed by atoms with Gasteiger partial charge in [-0.3, -0.25) is 9.59 Å². The van der Waals surface area contributed by atoms with Crippen molar-refractivity contribution in [3.05, 3.63) is 69.1 Å². The number of carbonyl (C=O) groups is 1. The Morgan fingerprint density at radius 2 is 1.82 bits per heavy atom. The molecule has 0 bridgehead atoms. The van der Waals surface area contributed by atoms with Crippen LogP contribution in [-0.4, -0.2) is 25.6 Å². The molecule has 2 heterocycles. The van der Waals surface area contributed by atoms with Gasteiger partial charge in [-0.05, 0) is 36.4 Å². The Kier molecular flexibility index (Phi) is 4.62. The average molecular weight is 415 g/mol. The van der Waals surface area contributed by atoms with Gasteiger partial charge >= 0.3 is 5.97 Å². The molecule has 0 aliphatic heterocycles. The van der Waals surface area contributed by atoms with E-state index < -0.39 is 12.5 Å². The van der Waals surface area contributed by atoms with Crippen LogP contribution < -0.4 is 10.7 Å². The Bertz CT molecular complexity index is 1290. The van der Waals surface area contributed by atoms with E-state index in [0.717, 1.165) is 0 Å². The van der Waals surface area contributed by atoms with Crippen molar-refractivity contribution in [1.29, 1.82) is 0 Å². The van der Waals surface area contributed by atoms with Crippen molar-refractivity contribution in [1.82, 2.24) is 14.5 Å². The van der Waals surface area contributed by atoms with Gasteiger partial charge in [0.1, 0.15) is 6.54 Å².